The van der Waals surface area contributed by atoms with Crippen LogP contribution in [0.4, 0.5) is 10.1 Å². The molecule has 0 saturated carbocycles. The van der Waals surface area contributed by atoms with Crippen LogP contribution in [0.25, 0.3) is 0 Å². The van der Waals surface area contributed by atoms with Crippen molar-refractivity contribution in [3.05, 3.63) is 58.9 Å². The second-order valence-electron chi connectivity index (χ2n) is 5.07. The summed E-state index contributed by atoms with van der Waals surface area (Å²) in [5, 5.41) is 0.350. The Morgan fingerprint density at radius 3 is 2.52 bits per heavy atom. The summed E-state index contributed by atoms with van der Waals surface area (Å²) in [6, 6.07) is 11.7. The zero-order valence-electron chi connectivity index (χ0n) is 12.8. The van der Waals surface area contributed by atoms with Gasteiger partial charge in [-0.15, -0.1) is 0 Å². The van der Waals surface area contributed by atoms with Crippen LogP contribution in [0.2, 0.25) is 5.02 Å². The molecule has 0 bridgehead atoms. The first-order valence-corrected chi connectivity index (χ1v) is 7.48. The number of methoxy groups -OCH3 is 1. The van der Waals surface area contributed by atoms with Gasteiger partial charge in [-0.3, -0.25) is 4.79 Å². The number of amides is 1. The third-order valence-electron chi connectivity index (χ3n) is 3.44. The Balaban J connectivity index is 2.23. The molecule has 0 aliphatic carbocycles. The SMILES string of the molecule is COc1ccc(N(CCC(N)=O)Cc2ccc(F)cc2Cl)cc1. The standard InChI is InChI=1S/C17H18ClFN2O2/c1-23-15-6-4-14(5-7-15)21(9-8-17(20)22)11-12-2-3-13(19)10-16(12)18/h2-7,10H,8-9,11H2,1H3,(H2,20,22). The van der Waals surface area contributed by atoms with Gasteiger partial charge in [-0.05, 0) is 42.0 Å². The van der Waals surface area contributed by atoms with Crippen LogP contribution >= 0.6 is 11.6 Å². The van der Waals surface area contributed by atoms with Crippen molar-refractivity contribution < 1.29 is 13.9 Å². The van der Waals surface area contributed by atoms with Gasteiger partial charge >= 0.3 is 0 Å². The normalized spacial score (nSPS) is 10.4. The number of ether oxygens (including phenoxy) is 1. The van der Waals surface area contributed by atoms with Crippen molar-refractivity contribution in [1.82, 2.24) is 0 Å². The molecular weight excluding hydrogens is 319 g/mol. The molecule has 0 aromatic heterocycles. The molecule has 122 valence electrons. The molecule has 0 saturated heterocycles. The maximum Gasteiger partial charge on any atom is 0.219 e. The number of primary amides is 1. The molecular formula is C17H18ClFN2O2. The Labute approximate surface area is 139 Å². The zero-order chi connectivity index (χ0) is 16.8. The van der Waals surface area contributed by atoms with Gasteiger partial charge in [0.1, 0.15) is 11.6 Å². The minimum atomic E-state index is -0.383. The smallest absolute Gasteiger partial charge is 0.219 e. The molecule has 0 heterocycles. The van der Waals surface area contributed by atoms with E-state index in [2.05, 4.69) is 0 Å². The summed E-state index contributed by atoms with van der Waals surface area (Å²) < 4.78 is 18.3. The van der Waals surface area contributed by atoms with Gasteiger partial charge in [0.2, 0.25) is 5.91 Å². The van der Waals surface area contributed by atoms with E-state index in [9.17, 15) is 9.18 Å². The summed E-state index contributed by atoms with van der Waals surface area (Å²) in [5.41, 5.74) is 6.91. The summed E-state index contributed by atoms with van der Waals surface area (Å²) in [4.78, 5) is 13.1. The van der Waals surface area contributed by atoms with E-state index >= 15 is 0 Å². The van der Waals surface area contributed by atoms with Crippen LogP contribution in [-0.4, -0.2) is 19.6 Å². The highest BCUT2D eigenvalue weighted by Crippen LogP contribution is 2.24. The lowest BCUT2D eigenvalue weighted by Crippen LogP contribution is -2.27. The Kier molecular flexibility index (Phi) is 5.82. The fraction of sp³-hybridized carbons (Fsp3) is 0.235. The van der Waals surface area contributed by atoms with Crippen LogP contribution in [0.3, 0.4) is 0 Å². The molecule has 0 aliphatic heterocycles. The first kappa shape index (κ1) is 17.1. The van der Waals surface area contributed by atoms with Crippen LogP contribution < -0.4 is 15.4 Å². The van der Waals surface area contributed by atoms with Crippen LogP contribution in [0.5, 0.6) is 5.75 Å². The van der Waals surface area contributed by atoms with Crippen molar-refractivity contribution >= 4 is 23.2 Å². The molecule has 4 nitrogen and oxygen atoms in total. The Morgan fingerprint density at radius 1 is 1.26 bits per heavy atom. The van der Waals surface area contributed by atoms with E-state index in [4.69, 9.17) is 22.1 Å². The maximum absolute atomic E-state index is 13.2. The van der Waals surface area contributed by atoms with Gasteiger partial charge in [0.25, 0.3) is 0 Å². The van der Waals surface area contributed by atoms with Crippen molar-refractivity contribution in [3.63, 3.8) is 0 Å². The van der Waals surface area contributed by atoms with Crippen molar-refractivity contribution in [3.8, 4) is 5.75 Å². The van der Waals surface area contributed by atoms with E-state index in [0.29, 0.717) is 18.1 Å². The molecule has 0 fully saturated rings. The lowest BCUT2D eigenvalue weighted by atomic mass is 10.1. The number of hydrogen-bond donors (Lipinski definition) is 1. The number of carbonyl (C=O) groups is 1. The summed E-state index contributed by atoms with van der Waals surface area (Å²) >= 11 is 6.09. The first-order valence-electron chi connectivity index (χ1n) is 7.11. The molecule has 0 aliphatic rings. The number of nitrogens with two attached hydrogens (primary N) is 1. The van der Waals surface area contributed by atoms with Gasteiger partial charge in [0.05, 0.1) is 7.11 Å². The molecule has 2 aromatic carbocycles. The van der Waals surface area contributed by atoms with E-state index in [1.165, 1.54) is 12.1 Å². The second kappa shape index (κ2) is 7.83. The lowest BCUT2D eigenvalue weighted by molar-refractivity contribution is -0.117. The lowest BCUT2D eigenvalue weighted by Gasteiger charge is -2.25. The molecule has 2 N–H and O–H groups in total. The average molecular weight is 337 g/mol. The third-order valence-corrected chi connectivity index (χ3v) is 3.79. The third kappa shape index (κ3) is 4.86. The summed E-state index contributed by atoms with van der Waals surface area (Å²) in [6.45, 7) is 0.883. The van der Waals surface area contributed by atoms with Gasteiger partial charge in [0.15, 0.2) is 0 Å². The number of benzene rings is 2. The summed E-state index contributed by atoms with van der Waals surface area (Å²) in [7, 11) is 1.60. The topological polar surface area (TPSA) is 55.6 Å². The summed E-state index contributed by atoms with van der Waals surface area (Å²) in [6.07, 6.45) is 0.213. The van der Waals surface area contributed by atoms with Crippen LogP contribution in [0, 0.1) is 5.82 Å². The molecule has 1 amide bonds. The Morgan fingerprint density at radius 2 is 1.96 bits per heavy atom. The van der Waals surface area contributed by atoms with Gasteiger partial charge in [0, 0.05) is 30.2 Å². The number of rotatable bonds is 7. The summed E-state index contributed by atoms with van der Waals surface area (Å²) in [5.74, 6) is -0.0241. The van der Waals surface area contributed by atoms with Gasteiger partial charge in [-0.2, -0.15) is 0 Å². The van der Waals surface area contributed by atoms with Crippen LogP contribution in [0.15, 0.2) is 42.5 Å². The Hall–Kier alpha value is -2.27. The van der Waals surface area contributed by atoms with Crippen molar-refractivity contribution in [2.75, 3.05) is 18.6 Å². The van der Waals surface area contributed by atoms with E-state index in [1.807, 2.05) is 29.2 Å². The monoisotopic (exact) mass is 336 g/mol. The van der Waals surface area contributed by atoms with Crippen molar-refractivity contribution in [2.45, 2.75) is 13.0 Å². The predicted octanol–water partition coefficient (Wildman–Crippen LogP) is 3.37. The highest BCUT2D eigenvalue weighted by atomic mass is 35.5. The van der Waals surface area contributed by atoms with Gasteiger partial charge in [-0.25, -0.2) is 4.39 Å². The fourth-order valence-corrected chi connectivity index (χ4v) is 2.42. The van der Waals surface area contributed by atoms with Crippen molar-refractivity contribution in [2.24, 2.45) is 5.73 Å². The van der Waals surface area contributed by atoms with Gasteiger partial charge < -0.3 is 15.4 Å². The molecule has 6 heteroatoms. The number of anilines is 1. The number of hydrogen-bond acceptors (Lipinski definition) is 3. The van der Waals surface area contributed by atoms with Crippen LogP contribution in [-0.2, 0) is 11.3 Å². The van der Waals surface area contributed by atoms with E-state index in [1.54, 1.807) is 13.2 Å². The highest BCUT2D eigenvalue weighted by molar-refractivity contribution is 6.31. The molecule has 2 aromatic rings. The quantitative estimate of drug-likeness (QED) is 0.843. The Bertz CT molecular complexity index is 677. The van der Waals surface area contributed by atoms with Crippen LogP contribution in [0.1, 0.15) is 12.0 Å². The van der Waals surface area contributed by atoms with E-state index in [-0.39, 0.29) is 18.1 Å². The molecule has 23 heavy (non-hydrogen) atoms. The number of nitrogens with zero attached hydrogens (tertiary/aromatic N) is 1. The zero-order valence-corrected chi connectivity index (χ0v) is 13.5. The second-order valence-corrected chi connectivity index (χ2v) is 5.48. The number of halogens is 2. The fourth-order valence-electron chi connectivity index (χ4n) is 2.19. The van der Waals surface area contributed by atoms with Gasteiger partial charge in [-0.1, -0.05) is 17.7 Å². The first-order chi connectivity index (χ1) is 11.0. The molecule has 2 rings (SSSR count). The number of carbonyl (C=O) groups excluding carboxylic acids is 1. The molecule has 0 spiro atoms. The largest absolute Gasteiger partial charge is 0.497 e. The minimum absolute atomic E-state index is 0.213. The molecule has 0 radical (unpaired) electrons. The molecule has 0 atom stereocenters. The van der Waals surface area contributed by atoms with Crippen molar-refractivity contribution in [1.29, 1.82) is 0 Å². The average Bonchev–Trinajstić information content (AvgIpc) is 2.53. The molecule has 0 unspecified atom stereocenters. The minimum Gasteiger partial charge on any atom is -0.497 e. The maximum atomic E-state index is 13.2. The highest BCUT2D eigenvalue weighted by Gasteiger charge is 2.12. The predicted molar refractivity (Wildman–Crippen MR) is 89.3 cm³/mol. The van der Waals surface area contributed by atoms with E-state index in [0.717, 1.165) is 17.0 Å². The van der Waals surface area contributed by atoms with E-state index < -0.39 is 0 Å².